The third-order valence-electron chi connectivity index (χ3n) is 4.25. The van der Waals surface area contributed by atoms with Crippen LogP contribution in [0.25, 0.3) is 0 Å². The molecule has 146 valence electrons. The normalized spacial score (nSPS) is 10.6. The standard InChI is InChI=1S/C22H20Cl3NO2/c1-14-3-6-17(7-4-14)26-12-16-10-21(27-2)22(11-19(16)24)28-13-15-5-8-18(23)20(25)9-15/h3-11,26H,12-13H2,1-2H3. The molecule has 0 saturated carbocycles. The van der Waals surface area contributed by atoms with Gasteiger partial charge in [0.25, 0.3) is 0 Å². The maximum absolute atomic E-state index is 6.46. The van der Waals surface area contributed by atoms with E-state index in [4.69, 9.17) is 44.3 Å². The Labute approximate surface area is 180 Å². The van der Waals surface area contributed by atoms with E-state index in [9.17, 15) is 0 Å². The van der Waals surface area contributed by atoms with Crippen molar-refractivity contribution in [3.05, 3.63) is 86.4 Å². The van der Waals surface area contributed by atoms with Gasteiger partial charge < -0.3 is 14.8 Å². The zero-order valence-electron chi connectivity index (χ0n) is 15.6. The summed E-state index contributed by atoms with van der Waals surface area (Å²) in [7, 11) is 1.60. The van der Waals surface area contributed by atoms with Crippen LogP contribution in [0.3, 0.4) is 0 Å². The molecule has 0 aliphatic carbocycles. The quantitative estimate of drug-likeness (QED) is 0.426. The Morgan fingerprint density at radius 2 is 1.57 bits per heavy atom. The summed E-state index contributed by atoms with van der Waals surface area (Å²) < 4.78 is 11.4. The number of anilines is 1. The van der Waals surface area contributed by atoms with Gasteiger partial charge in [-0.1, -0.05) is 58.6 Å². The number of halogens is 3. The summed E-state index contributed by atoms with van der Waals surface area (Å²) in [5, 5.41) is 4.96. The minimum Gasteiger partial charge on any atom is -0.493 e. The van der Waals surface area contributed by atoms with Crippen LogP contribution in [0.15, 0.2) is 54.6 Å². The van der Waals surface area contributed by atoms with E-state index in [-0.39, 0.29) is 0 Å². The van der Waals surface area contributed by atoms with Gasteiger partial charge >= 0.3 is 0 Å². The van der Waals surface area contributed by atoms with E-state index in [0.29, 0.717) is 39.7 Å². The molecule has 0 aromatic heterocycles. The van der Waals surface area contributed by atoms with Gasteiger partial charge in [0.05, 0.1) is 17.2 Å². The second-order valence-corrected chi connectivity index (χ2v) is 7.57. The first-order valence-corrected chi connectivity index (χ1v) is 9.83. The highest BCUT2D eigenvalue weighted by molar-refractivity contribution is 6.42. The molecule has 0 atom stereocenters. The fourth-order valence-electron chi connectivity index (χ4n) is 2.64. The van der Waals surface area contributed by atoms with E-state index < -0.39 is 0 Å². The molecule has 0 radical (unpaired) electrons. The van der Waals surface area contributed by atoms with Gasteiger partial charge in [-0.25, -0.2) is 0 Å². The Morgan fingerprint density at radius 1 is 0.821 bits per heavy atom. The van der Waals surface area contributed by atoms with Gasteiger partial charge in [0.2, 0.25) is 0 Å². The highest BCUT2D eigenvalue weighted by Gasteiger charge is 2.11. The van der Waals surface area contributed by atoms with E-state index in [1.54, 1.807) is 25.3 Å². The Morgan fingerprint density at radius 3 is 2.25 bits per heavy atom. The van der Waals surface area contributed by atoms with E-state index >= 15 is 0 Å². The summed E-state index contributed by atoms with van der Waals surface area (Å²) >= 11 is 18.5. The first-order chi connectivity index (χ1) is 13.5. The molecule has 0 spiro atoms. The van der Waals surface area contributed by atoms with Crippen LogP contribution in [0.5, 0.6) is 11.5 Å². The summed E-state index contributed by atoms with van der Waals surface area (Å²) in [5.74, 6) is 1.18. The van der Waals surface area contributed by atoms with Crippen LogP contribution >= 0.6 is 34.8 Å². The minimum absolute atomic E-state index is 0.324. The number of hydrogen-bond donors (Lipinski definition) is 1. The fourth-order valence-corrected chi connectivity index (χ4v) is 3.19. The van der Waals surface area contributed by atoms with E-state index in [1.165, 1.54) is 5.56 Å². The van der Waals surface area contributed by atoms with Gasteiger partial charge in [0.15, 0.2) is 11.5 Å². The lowest BCUT2D eigenvalue weighted by atomic mass is 10.1. The Kier molecular flexibility index (Phi) is 6.95. The average molecular weight is 437 g/mol. The van der Waals surface area contributed by atoms with Gasteiger partial charge in [-0.3, -0.25) is 0 Å². The molecule has 3 rings (SSSR count). The van der Waals surface area contributed by atoms with Crippen molar-refractivity contribution in [2.24, 2.45) is 0 Å². The summed E-state index contributed by atoms with van der Waals surface area (Å²) in [4.78, 5) is 0. The highest BCUT2D eigenvalue weighted by Crippen LogP contribution is 2.34. The Hall–Kier alpha value is -2.07. The molecule has 0 heterocycles. The molecule has 0 fully saturated rings. The molecule has 3 nitrogen and oxygen atoms in total. The van der Waals surface area contributed by atoms with Crippen molar-refractivity contribution in [3.8, 4) is 11.5 Å². The van der Waals surface area contributed by atoms with Crippen LogP contribution in [0.4, 0.5) is 5.69 Å². The van der Waals surface area contributed by atoms with Crippen LogP contribution in [0.2, 0.25) is 15.1 Å². The zero-order chi connectivity index (χ0) is 20.1. The van der Waals surface area contributed by atoms with Crippen molar-refractivity contribution in [3.63, 3.8) is 0 Å². The maximum Gasteiger partial charge on any atom is 0.163 e. The third-order valence-corrected chi connectivity index (χ3v) is 5.34. The summed E-state index contributed by atoms with van der Waals surface area (Å²) in [6.07, 6.45) is 0. The average Bonchev–Trinajstić information content (AvgIpc) is 2.69. The van der Waals surface area contributed by atoms with Crippen LogP contribution in [0, 0.1) is 6.92 Å². The molecule has 0 saturated heterocycles. The zero-order valence-corrected chi connectivity index (χ0v) is 17.8. The minimum atomic E-state index is 0.324. The number of benzene rings is 3. The van der Waals surface area contributed by atoms with Crippen LogP contribution in [-0.2, 0) is 13.2 Å². The van der Waals surface area contributed by atoms with Crippen molar-refractivity contribution >= 4 is 40.5 Å². The number of rotatable bonds is 7. The lowest BCUT2D eigenvalue weighted by Gasteiger charge is -2.15. The second-order valence-electron chi connectivity index (χ2n) is 6.35. The van der Waals surface area contributed by atoms with Crippen molar-refractivity contribution in [1.29, 1.82) is 0 Å². The molecule has 0 aliphatic rings. The summed E-state index contributed by atoms with van der Waals surface area (Å²) in [5.41, 5.74) is 4.06. The van der Waals surface area contributed by atoms with Crippen LogP contribution in [0.1, 0.15) is 16.7 Å². The smallest absolute Gasteiger partial charge is 0.163 e. The highest BCUT2D eigenvalue weighted by atomic mass is 35.5. The Bertz CT molecular complexity index is 959. The predicted molar refractivity (Wildman–Crippen MR) is 117 cm³/mol. The van der Waals surface area contributed by atoms with E-state index in [1.807, 2.05) is 24.3 Å². The van der Waals surface area contributed by atoms with Crippen molar-refractivity contribution in [2.45, 2.75) is 20.1 Å². The first-order valence-electron chi connectivity index (χ1n) is 8.70. The van der Waals surface area contributed by atoms with Crippen molar-refractivity contribution < 1.29 is 9.47 Å². The van der Waals surface area contributed by atoms with Crippen LogP contribution in [-0.4, -0.2) is 7.11 Å². The van der Waals surface area contributed by atoms with Gasteiger partial charge in [-0.2, -0.15) is 0 Å². The van der Waals surface area contributed by atoms with Crippen molar-refractivity contribution in [1.82, 2.24) is 0 Å². The lowest BCUT2D eigenvalue weighted by molar-refractivity contribution is 0.284. The number of ether oxygens (including phenoxy) is 2. The summed E-state index contributed by atoms with van der Waals surface area (Å²) in [6.45, 7) is 2.96. The molecule has 0 aliphatic heterocycles. The number of aryl methyl sites for hydroxylation is 1. The molecular weight excluding hydrogens is 417 g/mol. The fraction of sp³-hybridized carbons (Fsp3) is 0.182. The molecule has 1 N–H and O–H groups in total. The van der Waals surface area contributed by atoms with Gasteiger partial charge in [-0.15, -0.1) is 0 Å². The Balaban J connectivity index is 1.71. The predicted octanol–water partition coefficient (Wildman–Crippen LogP) is 7.15. The van der Waals surface area contributed by atoms with Crippen LogP contribution < -0.4 is 14.8 Å². The topological polar surface area (TPSA) is 30.5 Å². The molecule has 0 bridgehead atoms. The second kappa shape index (κ2) is 9.42. The molecule has 0 amide bonds. The largest absolute Gasteiger partial charge is 0.493 e. The number of nitrogens with one attached hydrogen (secondary N) is 1. The summed E-state index contributed by atoms with van der Waals surface area (Å²) in [6, 6.07) is 17.2. The SMILES string of the molecule is COc1cc(CNc2ccc(C)cc2)c(Cl)cc1OCc1ccc(Cl)c(Cl)c1. The van der Waals surface area contributed by atoms with Gasteiger partial charge in [0.1, 0.15) is 6.61 Å². The van der Waals surface area contributed by atoms with E-state index in [0.717, 1.165) is 16.8 Å². The van der Waals surface area contributed by atoms with E-state index in [2.05, 4.69) is 24.4 Å². The molecule has 6 heteroatoms. The molecule has 28 heavy (non-hydrogen) atoms. The van der Waals surface area contributed by atoms with Gasteiger partial charge in [0, 0.05) is 23.3 Å². The first kappa shape index (κ1) is 20.7. The molecular formula is C22H20Cl3NO2. The lowest BCUT2D eigenvalue weighted by Crippen LogP contribution is -2.03. The monoisotopic (exact) mass is 435 g/mol. The molecule has 3 aromatic rings. The molecule has 0 unspecified atom stereocenters. The number of methoxy groups -OCH3 is 1. The molecule has 3 aromatic carbocycles. The maximum atomic E-state index is 6.46. The number of hydrogen-bond acceptors (Lipinski definition) is 3. The third kappa shape index (κ3) is 5.26. The van der Waals surface area contributed by atoms with Gasteiger partial charge in [-0.05, 0) is 48.4 Å². The van der Waals surface area contributed by atoms with Crippen molar-refractivity contribution in [2.75, 3.05) is 12.4 Å².